The molecule has 0 aliphatic carbocycles. The quantitative estimate of drug-likeness (QED) is 0.744. The minimum absolute atomic E-state index is 0.520. The molecule has 2 saturated heterocycles. The van der Waals surface area contributed by atoms with E-state index < -0.39 is 0 Å². The van der Waals surface area contributed by atoms with E-state index in [4.69, 9.17) is 4.74 Å². The Bertz CT molecular complexity index is 247. The molecule has 2 fully saturated rings. The fourth-order valence-corrected chi connectivity index (χ4v) is 4.73. The van der Waals surface area contributed by atoms with Crippen molar-refractivity contribution in [1.82, 2.24) is 9.80 Å². The molecular weight excluding hydrogens is 256 g/mol. The Morgan fingerprint density at radius 1 is 1.21 bits per heavy atom. The van der Waals surface area contributed by atoms with Gasteiger partial charge in [0.1, 0.15) is 0 Å². The van der Waals surface area contributed by atoms with Gasteiger partial charge in [0, 0.05) is 36.8 Å². The van der Waals surface area contributed by atoms with Gasteiger partial charge in [0.05, 0.1) is 0 Å². The van der Waals surface area contributed by atoms with Crippen molar-refractivity contribution in [1.29, 1.82) is 0 Å². The minimum atomic E-state index is 0.520. The molecule has 0 aromatic heterocycles. The largest absolute Gasteiger partial charge is 0.381 e. The monoisotopic (exact) mass is 286 g/mol. The molecule has 2 heterocycles. The van der Waals surface area contributed by atoms with Gasteiger partial charge in [-0.1, -0.05) is 13.8 Å². The fraction of sp³-hybridized carbons (Fsp3) is 1.00. The summed E-state index contributed by atoms with van der Waals surface area (Å²) in [5.74, 6) is 1.31. The Kier molecular flexibility index (Phi) is 6.46. The van der Waals surface area contributed by atoms with Gasteiger partial charge in [0.2, 0.25) is 0 Å². The first kappa shape index (κ1) is 15.6. The smallest absolute Gasteiger partial charge is 0.0479 e. The van der Waals surface area contributed by atoms with Crippen molar-refractivity contribution in [3.63, 3.8) is 0 Å². The highest BCUT2D eigenvalue weighted by Crippen LogP contribution is 2.38. The summed E-state index contributed by atoms with van der Waals surface area (Å²) in [5.41, 5.74) is 0. The van der Waals surface area contributed by atoms with Gasteiger partial charge in [-0.2, -0.15) is 11.8 Å². The van der Waals surface area contributed by atoms with Gasteiger partial charge in [-0.3, -0.25) is 0 Å². The van der Waals surface area contributed by atoms with Crippen LogP contribution < -0.4 is 0 Å². The van der Waals surface area contributed by atoms with Crippen LogP contribution >= 0.6 is 11.8 Å². The number of nitrogens with zero attached hydrogens (tertiary/aromatic N) is 2. The maximum atomic E-state index is 5.54. The second kappa shape index (κ2) is 7.87. The lowest BCUT2D eigenvalue weighted by Crippen LogP contribution is -2.49. The third-order valence-electron chi connectivity index (χ3n) is 4.57. The molecule has 1 spiro atoms. The molecule has 3 nitrogen and oxygen atoms in total. The molecule has 0 bridgehead atoms. The topological polar surface area (TPSA) is 15.7 Å². The van der Waals surface area contributed by atoms with Crippen LogP contribution in [0.2, 0.25) is 0 Å². The van der Waals surface area contributed by atoms with Gasteiger partial charge in [-0.15, -0.1) is 0 Å². The van der Waals surface area contributed by atoms with Gasteiger partial charge in [-0.25, -0.2) is 0 Å². The molecule has 0 N–H and O–H groups in total. The first-order valence-electron chi connectivity index (χ1n) is 7.94. The van der Waals surface area contributed by atoms with Crippen LogP contribution in [-0.4, -0.2) is 72.8 Å². The van der Waals surface area contributed by atoms with E-state index in [0.29, 0.717) is 4.75 Å². The maximum absolute atomic E-state index is 5.54. The summed E-state index contributed by atoms with van der Waals surface area (Å²) in [6.07, 6.45) is 3.83. The van der Waals surface area contributed by atoms with Crippen molar-refractivity contribution in [2.24, 2.45) is 0 Å². The number of ether oxygens (including phenoxy) is 1. The van der Waals surface area contributed by atoms with Crippen molar-refractivity contribution in [3.05, 3.63) is 0 Å². The van der Waals surface area contributed by atoms with Gasteiger partial charge in [-0.05, 0) is 45.4 Å². The number of thioether (sulfide) groups is 1. The van der Waals surface area contributed by atoms with Crippen molar-refractivity contribution < 1.29 is 4.74 Å². The van der Waals surface area contributed by atoms with E-state index in [0.717, 1.165) is 13.2 Å². The molecule has 19 heavy (non-hydrogen) atoms. The highest BCUT2D eigenvalue weighted by molar-refractivity contribution is 8.00. The van der Waals surface area contributed by atoms with Gasteiger partial charge < -0.3 is 14.5 Å². The zero-order valence-corrected chi connectivity index (χ0v) is 13.5. The summed E-state index contributed by atoms with van der Waals surface area (Å²) >= 11 is 2.21. The summed E-state index contributed by atoms with van der Waals surface area (Å²) in [5, 5.41) is 0. The summed E-state index contributed by atoms with van der Waals surface area (Å²) in [4.78, 5) is 5.23. The van der Waals surface area contributed by atoms with Crippen LogP contribution in [0.5, 0.6) is 0 Å². The Balaban J connectivity index is 1.72. The van der Waals surface area contributed by atoms with E-state index in [1.54, 1.807) is 0 Å². The molecule has 2 aliphatic rings. The molecule has 0 aromatic carbocycles. The molecule has 0 saturated carbocycles. The van der Waals surface area contributed by atoms with Gasteiger partial charge in [0.15, 0.2) is 0 Å². The second-order valence-corrected chi connectivity index (χ2v) is 7.36. The first-order valence-corrected chi connectivity index (χ1v) is 8.93. The van der Waals surface area contributed by atoms with E-state index in [9.17, 15) is 0 Å². The number of hydrogen-bond acceptors (Lipinski definition) is 4. The number of hydrogen-bond donors (Lipinski definition) is 0. The summed E-state index contributed by atoms with van der Waals surface area (Å²) in [6.45, 7) is 14.0. The predicted molar refractivity (Wildman–Crippen MR) is 84.1 cm³/mol. The van der Waals surface area contributed by atoms with E-state index >= 15 is 0 Å². The molecule has 0 radical (unpaired) electrons. The van der Waals surface area contributed by atoms with E-state index in [2.05, 4.69) is 35.4 Å². The standard InChI is InChI=1S/C15H30N2OS/c1-3-16(4-2)8-5-9-17-10-13-19-15(14-17)6-11-18-12-7-15/h3-14H2,1-2H3. The highest BCUT2D eigenvalue weighted by Gasteiger charge is 2.37. The lowest BCUT2D eigenvalue weighted by atomic mass is 9.98. The number of rotatable bonds is 6. The van der Waals surface area contributed by atoms with Crippen LogP contribution in [0, 0.1) is 0 Å². The van der Waals surface area contributed by atoms with Crippen LogP contribution in [0.4, 0.5) is 0 Å². The third kappa shape index (κ3) is 4.62. The van der Waals surface area contributed by atoms with Crippen molar-refractivity contribution in [3.8, 4) is 0 Å². The summed E-state index contributed by atoms with van der Waals surface area (Å²) in [6, 6.07) is 0. The molecule has 0 amide bonds. The van der Waals surface area contributed by atoms with Crippen LogP contribution in [0.1, 0.15) is 33.1 Å². The lowest BCUT2D eigenvalue weighted by Gasteiger charge is -2.44. The zero-order chi connectivity index (χ0) is 13.6. The minimum Gasteiger partial charge on any atom is -0.381 e. The third-order valence-corrected chi connectivity index (χ3v) is 6.11. The van der Waals surface area contributed by atoms with Crippen molar-refractivity contribution >= 4 is 11.8 Å². The molecule has 4 heteroatoms. The molecule has 0 aromatic rings. The fourth-order valence-electron chi connectivity index (χ4n) is 3.22. The average molecular weight is 286 g/mol. The molecule has 2 rings (SSSR count). The summed E-state index contributed by atoms with van der Waals surface area (Å²) < 4.78 is 6.05. The Labute approximate surface area is 123 Å². The molecule has 2 aliphatic heterocycles. The van der Waals surface area contributed by atoms with E-state index in [1.165, 1.54) is 64.3 Å². The second-order valence-electron chi connectivity index (χ2n) is 5.80. The normalized spacial score (nSPS) is 24.2. The molecular formula is C15H30N2OS. The Hall–Kier alpha value is 0.230. The predicted octanol–water partition coefficient (Wildman–Crippen LogP) is 2.32. The van der Waals surface area contributed by atoms with Crippen LogP contribution in [0.3, 0.4) is 0 Å². The van der Waals surface area contributed by atoms with E-state index in [-0.39, 0.29) is 0 Å². The SMILES string of the molecule is CCN(CC)CCCN1CCSC2(CCOCC2)C1. The van der Waals surface area contributed by atoms with Gasteiger partial charge in [0.25, 0.3) is 0 Å². The molecule has 0 unspecified atom stereocenters. The van der Waals surface area contributed by atoms with Crippen molar-refractivity contribution in [2.45, 2.75) is 37.9 Å². The van der Waals surface area contributed by atoms with Crippen LogP contribution in [0.25, 0.3) is 0 Å². The maximum Gasteiger partial charge on any atom is 0.0479 e. The van der Waals surface area contributed by atoms with Crippen molar-refractivity contribution in [2.75, 3.05) is 58.2 Å². The lowest BCUT2D eigenvalue weighted by molar-refractivity contribution is 0.0629. The van der Waals surface area contributed by atoms with Gasteiger partial charge >= 0.3 is 0 Å². The highest BCUT2D eigenvalue weighted by atomic mass is 32.2. The zero-order valence-electron chi connectivity index (χ0n) is 12.7. The van der Waals surface area contributed by atoms with E-state index in [1.807, 2.05) is 0 Å². The first-order chi connectivity index (χ1) is 9.28. The molecule has 0 atom stereocenters. The Morgan fingerprint density at radius 3 is 2.63 bits per heavy atom. The van der Waals surface area contributed by atoms with Crippen LogP contribution in [0.15, 0.2) is 0 Å². The van der Waals surface area contributed by atoms with Crippen LogP contribution in [-0.2, 0) is 4.74 Å². The molecule has 112 valence electrons. The average Bonchev–Trinajstić information content (AvgIpc) is 2.45. The summed E-state index contributed by atoms with van der Waals surface area (Å²) in [7, 11) is 0. The Morgan fingerprint density at radius 2 is 1.95 bits per heavy atom.